The van der Waals surface area contributed by atoms with Crippen LogP contribution in [0.15, 0.2) is 53.3 Å². The van der Waals surface area contributed by atoms with Gasteiger partial charge in [0.05, 0.1) is 18.1 Å². The van der Waals surface area contributed by atoms with Crippen LogP contribution in [0.2, 0.25) is 0 Å². The van der Waals surface area contributed by atoms with E-state index >= 15 is 0 Å². The summed E-state index contributed by atoms with van der Waals surface area (Å²) in [6.45, 7) is 0.0814. The van der Waals surface area contributed by atoms with Crippen molar-refractivity contribution in [1.29, 1.82) is 0 Å². The summed E-state index contributed by atoms with van der Waals surface area (Å²) in [6.07, 6.45) is 4.87. The Morgan fingerprint density at radius 1 is 0.968 bits per heavy atom. The SMILES string of the molecule is COC(=O)C1CC2CCCCC2N1C(=O)Cn1c2ccccc2c(=O)c2ccccc21. The number of para-hydroxylation sites is 2. The Morgan fingerprint density at radius 3 is 2.23 bits per heavy atom. The van der Waals surface area contributed by atoms with Crippen LogP contribution >= 0.6 is 0 Å². The lowest BCUT2D eigenvalue weighted by atomic mass is 9.85. The Labute approximate surface area is 180 Å². The zero-order valence-corrected chi connectivity index (χ0v) is 17.6. The van der Waals surface area contributed by atoms with E-state index in [-0.39, 0.29) is 29.9 Å². The van der Waals surface area contributed by atoms with Crippen molar-refractivity contribution in [2.75, 3.05) is 7.11 Å². The van der Waals surface area contributed by atoms with Gasteiger partial charge in [-0.25, -0.2) is 4.79 Å². The summed E-state index contributed by atoms with van der Waals surface area (Å²) in [7, 11) is 1.38. The molecule has 1 amide bonds. The lowest BCUT2D eigenvalue weighted by Crippen LogP contribution is -2.48. The van der Waals surface area contributed by atoms with E-state index in [1.54, 1.807) is 17.0 Å². The van der Waals surface area contributed by atoms with Gasteiger partial charge in [0.2, 0.25) is 5.91 Å². The molecule has 3 aromatic rings. The van der Waals surface area contributed by atoms with E-state index in [0.717, 1.165) is 36.7 Å². The Kier molecular flexibility index (Phi) is 5.00. The molecule has 2 aliphatic rings. The third-order valence-electron chi connectivity index (χ3n) is 7.02. The first-order valence-electron chi connectivity index (χ1n) is 11.0. The summed E-state index contributed by atoms with van der Waals surface area (Å²) >= 11 is 0. The molecule has 0 bridgehead atoms. The second kappa shape index (κ2) is 7.84. The van der Waals surface area contributed by atoms with Crippen LogP contribution in [-0.2, 0) is 20.9 Å². The molecule has 0 radical (unpaired) electrons. The number of pyridine rings is 1. The van der Waals surface area contributed by atoms with Gasteiger partial charge in [0, 0.05) is 16.8 Å². The second-order valence-electron chi connectivity index (χ2n) is 8.64. The number of esters is 1. The van der Waals surface area contributed by atoms with Gasteiger partial charge in [-0.2, -0.15) is 0 Å². The zero-order valence-electron chi connectivity index (χ0n) is 17.6. The maximum atomic E-state index is 13.7. The second-order valence-corrected chi connectivity index (χ2v) is 8.64. The van der Waals surface area contributed by atoms with Crippen molar-refractivity contribution in [1.82, 2.24) is 9.47 Å². The molecule has 1 saturated carbocycles. The summed E-state index contributed by atoms with van der Waals surface area (Å²) in [4.78, 5) is 41.0. The lowest BCUT2D eigenvalue weighted by Gasteiger charge is -2.33. The standard InChI is InChI=1S/C25H26N2O4/c1-31-25(30)22-14-16-8-2-5-11-19(16)27(22)23(28)15-26-20-12-6-3-9-17(20)24(29)18-10-4-7-13-21(18)26/h3-4,6-7,9-10,12-13,16,19,22H,2,5,8,11,14-15H2,1H3. The van der Waals surface area contributed by atoms with Crippen molar-refractivity contribution in [3.05, 3.63) is 58.8 Å². The van der Waals surface area contributed by atoms with Crippen molar-refractivity contribution in [3.63, 3.8) is 0 Å². The van der Waals surface area contributed by atoms with Gasteiger partial charge in [-0.15, -0.1) is 0 Å². The van der Waals surface area contributed by atoms with Crippen LogP contribution in [0.1, 0.15) is 32.1 Å². The van der Waals surface area contributed by atoms with Gasteiger partial charge in [-0.05, 0) is 49.4 Å². The average molecular weight is 418 g/mol. The van der Waals surface area contributed by atoms with Gasteiger partial charge in [0.25, 0.3) is 0 Å². The molecule has 1 saturated heterocycles. The first-order chi connectivity index (χ1) is 15.1. The third kappa shape index (κ3) is 3.21. The van der Waals surface area contributed by atoms with Crippen molar-refractivity contribution >= 4 is 33.7 Å². The highest BCUT2D eigenvalue weighted by Crippen LogP contribution is 2.40. The fraction of sp³-hybridized carbons (Fsp3) is 0.400. The molecule has 160 valence electrons. The number of hydrogen-bond donors (Lipinski definition) is 0. The van der Waals surface area contributed by atoms with Crippen LogP contribution in [-0.4, -0.2) is 40.5 Å². The van der Waals surface area contributed by atoms with E-state index in [1.807, 2.05) is 41.0 Å². The number of rotatable bonds is 3. The molecule has 3 atom stereocenters. The molecule has 31 heavy (non-hydrogen) atoms. The number of nitrogens with zero attached hydrogens (tertiary/aromatic N) is 2. The molecule has 2 fully saturated rings. The first-order valence-corrected chi connectivity index (χ1v) is 11.0. The third-order valence-corrected chi connectivity index (χ3v) is 7.02. The van der Waals surface area contributed by atoms with Crippen LogP contribution in [0.4, 0.5) is 0 Å². The highest BCUT2D eigenvalue weighted by atomic mass is 16.5. The summed E-state index contributed by atoms with van der Waals surface area (Å²) in [5.74, 6) is -0.0783. The van der Waals surface area contributed by atoms with Crippen molar-refractivity contribution < 1.29 is 14.3 Å². The minimum absolute atomic E-state index is 0.0316. The topological polar surface area (TPSA) is 68.6 Å². The molecule has 1 aromatic heterocycles. The number of methoxy groups -OCH3 is 1. The van der Waals surface area contributed by atoms with E-state index in [1.165, 1.54) is 7.11 Å². The fourth-order valence-corrected chi connectivity index (χ4v) is 5.63. The van der Waals surface area contributed by atoms with E-state index in [4.69, 9.17) is 4.74 Å². The van der Waals surface area contributed by atoms with E-state index in [0.29, 0.717) is 23.1 Å². The summed E-state index contributed by atoms with van der Waals surface area (Å²) in [5, 5.41) is 1.19. The molecule has 2 heterocycles. The van der Waals surface area contributed by atoms with E-state index in [2.05, 4.69) is 0 Å². The number of fused-ring (bicyclic) bond motifs is 3. The zero-order chi connectivity index (χ0) is 21.5. The van der Waals surface area contributed by atoms with Gasteiger partial charge < -0.3 is 14.2 Å². The molecule has 1 aliphatic heterocycles. The monoisotopic (exact) mass is 418 g/mol. The number of carbonyl (C=O) groups is 2. The predicted octanol–water partition coefficient (Wildman–Crippen LogP) is 3.49. The van der Waals surface area contributed by atoms with Gasteiger partial charge >= 0.3 is 5.97 Å². The number of aromatic nitrogens is 1. The largest absolute Gasteiger partial charge is 0.467 e. The minimum atomic E-state index is -0.525. The van der Waals surface area contributed by atoms with Crippen LogP contribution in [0.5, 0.6) is 0 Å². The van der Waals surface area contributed by atoms with Crippen molar-refractivity contribution in [2.45, 2.75) is 50.7 Å². The predicted molar refractivity (Wildman–Crippen MR) is 119 cm³/mol. The van der Waals surface area contributed by atoms with Gasteiger partial charge in [0.15, 0.2) is 5.43 Å². The van der Waals surface area contributed by atoms with Crippen LogP contribution < -0.4 is 5.43 Å². The van der Waals surface area contributed by atoms with Crippen molar-refractivity contribution in [2.24, 2.45) is 5.92 Å². The Bertz CT molecular complexity index is 1170. The number of ether oxygens (including phenoxy) is 1. The lowest BCUT2D eigenvalue weighted by molar-refractivity contribution is -0.152. The average Bonchev–Trinajstić information content (AvgIpc) is 3.21. The number of amides is 1. The number of carbonyl (C=O) groups excluding carboxylic acids is 2. The van der Waals surface area contributed by atoms with E-state index in [9.17, 15) is 14.4 Å². The summed E-state index contributed by atoms with van der Waals surface area (Å²) in [6, 6.07) is 14.3. The maximum Gasteiger partial charge on any atom is 0.328 e. The fourth-order valence-electron chi connectivity index (χ4n) is 5.63. The summed E-state index contributed by atoms with van der Waals surface area (Å²) in [5.41, 5.74) is 1.43. The quantitative estimate of drug-likeness (QED) is 0.482. The van der Waals surface area contributed by atoms with Crippen LogP contribution in [0.3, 0.4) is 0 Å². The van der Waals surface area contributed by atoms with Gasteiger partial charge in [-0.3, -0.25) is 9.59 Å². The molecular formula is C25H26N2O4. The van der Waals surface area contributed by atoms with Crippen LogP contribution in [0.25, 0.3) is 21.8 Å². The molecule has 5 rings (SSSR count). The molecule has 3 unspecified atom stereocenters. The molecular weight excluding hydrogens is 392 g/mol. The first kappa shape index (κ1) is 19.8. The molecule has 6 nitrogen and oxygen atoms in total. The molecule has 6 heteroatoms. The smallest absolute Gasteiger partial charge is 0.328 e. The maximum absolute atomic E-state index is 13.7. The highest BCUT2D eigenvalue weighted by molar-refractivity contribution is 5.95. The molecule has 2 aromatic carbocycles. The van der Waals surface area contributed by atoms with Gasteiger partial charge in [0.1, 0.15) is 12.6 Å². The minimum Gasteiger partial charge on any atom is -0.467 e. The van der Waals surface area contributed by atoms with Crippen molar-refractivity contribution in [3.8, 4) is 0 Å². The Morgan fingerprint density at radius 2 is 1.58 bits per heavy atom. The number of hydrogen-bond acceptors (Lipinski definition) is 4. The molecule has 0 spiro atoms. The number of benzene rings is 2. The normalized spacial score (nSPS) is 23.1. The summed E-state index contributed by atoms with van der Waals surface area (Å²) < 4.78 is 6.96. The molecule has 1 aliphatic carbocycles. The Balaban J connectivity index is 1.60. The Hall–Kier alpha value is -3.15. The van der Waals surface area contributed by atoms with Gasteiger partial charge in [-0.1, -0.05) is 37.1 Å². The van der Waals surface area contributed by atoms with E-state index < -0.39 is 6.04 Å². The van der Waals surface area contributed by atoms with Crippen LogP contribution in [0, 0.1) is 5.92 Å². The number of likely N-dealkylation sites (tertiary alicyclic amines) is 1. The highest BCUT2D eigenvalue weighted by Gasteiger charge is 2.47. The molecule has 0 N–H and O–H groups in total.